The second-order valence-corrected chi connectivity index (χ2v) is 22.3. The maximum Gasteiger partial charge on any atom is 0.316 e. The zero-order chi connectivity index (χ0) is 26.0. The molecule has 0 aliphatic rings. The van der Waals surface area contributed by atoms with Gasteiger partial charge in [0, 0.05) is 6.54 Å². The molecule has 0 fully saturated rings. The Hall–Kier alpha value is -1.49. The second-order valence-electron chi connectivity index (χ2n) is 12.8. The molecular formula is C25H45NO5Si2. The number of hydrogen-bond acceptors (Lipinski definition) is 6. The van der Waals surface area contributed by atoms with Crippen LogP contribution in [0.1, 0.15) is 53.2 Å². The van der Waals surface area contributed by atoms with E-state index in [1.807, 2.05) is 6.07 Å². The molecule has 0 radical (unpaired) electrons. The lowest BCUT2D eigenvalue weighted by molar-refractivity contribution is -0.145. The minimum Gasteiger partial charge on any atom is -0.422 e. The first-order valence-corrected chi connectivity index (χ1v) is 18.4. The van der Waals surface area contributed by atoms with Gasteiger partial charge in [0.2, 0.25) is 0 Å². The van der Waals surface area contributed by atoms with Gasteiger partial charge in [-0.1, -0.05) is 25.7 Å². The number of carbonyl (C=O) groups is 2. The molecule has 0 aliphatic heterocycles. The first-order chi connectivity index (χ1) is 14.6. The van der Waals surface area contributed by atoms with Gasteiger partial charge in [-0.25, -0.2) is 0 Å². The van der Waals surface area contributed by atoms with Crippen LogP contribution in [0.3, 0.4) is 0 Å². The van der Waals surface area contributed by atoms with Crippen molar-refractivity contribution in [2.75, 3.05) is 13.6 Å². The Morgan fingerprint density at radius 1 is 0.848 bits per heavy atom. The molecule has 1 rings (SSSR count). The first kappa shape index (κ1) is 29.5. The lowest BCUT2D eigenvalue weighted by atomic mass is 9.97. The molecule has 0 heterocycles. The van der Waals surface area contributed by atoms with E-state index in [4.69, 9.17) is 13.9 Å². The van der Waals surface area contributed by atoms with Crippen LogP contribution in [0.15, 0.2) is 18.2 Å². The van der Waals surface area contributed by atoms with Crippen LogP contribution in [-0.2, 0) is 14.0 Å². The zero-order valence-electron chi connectivity index (χ0n) is 23.0. The SMILES string of the molecule is CN(CC(O[Si](C)(C)C)c1ccc(OC(=O)C(C)(C)C)c(OC(=O)C(C)(C)C)c1)[Si](C)(C)C. The van der Waals surface area contributed by atoms with Gasteiger partial charge in [0.1, 0.15) is 8.24 Å². The number of hydrogen-bond donors (Lipinski definition) is 0. The molecule has 1 aromatic carbocycles. The van der Waals surface area contributed by atoms with Crippen LogP contribution in [0, 0.1) is 10.8 Å². The summed E-state index contributed by atoms with van der Waals surface area (Å²) in [5.74, 6) is -0.308. The number of carbonyl (C=O) groups excluding carboxylic acids is 2. The van der Waals surface area contributed by atoms with Crippen LogP contribution in [0.25, 0.3) is 0 Å². The topological polar surface area (TPSA) is 65.1 Å². The summed E-state index contributed by atoms with van der Waals surface area (Å²) in [5, 5.41) is 0. The van der Waals surface area contributed by atoms with Gasteiger partial charge in [0.25, 0.3) is 0 Å². The molecule has 6 nitrogen and oxygen atoms in total. The molecule has 1 unspecified atom stereocenters. The van der Waals surface area contributed by atoms with Crippen molar-refractivity contribution in [1.29, 1.82) is 0 Å². The predicted molar refractivity (Wildman–Crippen MR) is 140 cm³/mol. The van der Waals surface area contributed by atoms with E-state index in [1.54, 1.807) is 53.7 Å². The predicted octanol–water partition coefficient (Wildman–Crippen LogP) is 6.25. The van der Waals surface area contributed by atoms with Crippen molar-refractivity contribution in [3.8, 4) is 11.5 Å². The summed E-state index contributed by atoms with van der Waals surface area (Å²) >= 11 is 0. The molecule has 0 aliphatic carbocycles. The highest BCUT2D eigenvalue weighted by Gasteiger charge is 2.31. The standard InChI is InChI=1S/C25H45NO5Si2/c1-24(2,3)22(27)29-19-15-14-18(16-20(19)30-23(28)25(4,5)6)21(31-33(11,12)13)17-26(7)32(8,9)10/h14-16,21H,17H2,1-13H3. The van der Waals surface area contributed by atoms with E-state index in [0.717, 1.165) is 12.1 Å². The molecule has 0 N–H and O–H groups in total. The molecule has 1 aromatic rings. The van der Waals surface area contributed by atoms with Crippen molar-refractivity contribution < 1.29 is 23.5 Å². The van der Waals surface area contributed by atoms with E-state index in [-0.39, 0.29) is 17.6 Å². The smallest absolute Gasteiger partial charge is 0.316 e. The van der Waals surface area contributed by atoms with Gasteiger partial charge in [-0.05, 0) is 85.9 Å². The Kier molecular flexibility index (Phi) is 9.33. The van der Waals surface area contributed by atoms with Crippen LogP contribution in [0.2, 0.25) is 39.3 Å². The Labute approximate surface area is 203 Å². The third-order valence-corrected chi connectivity index (χ3v) is 8.51. The quantitative estimate of drug-likeness (QED) is 0.241. The molecule has 1 atom stereocenters. The largest absolute Gasteiger partial charge is 0.422 e. The van der Waals surface area contributed by atoms with Crippen LogP contribution in [0.5, 0.6) is 11.5 Å². The summed E-state index contributed by atoms with van der Waals surface area (Å²) in [4.78, 5) is 25.2. The van der Waals surface area contributed by atoms with E-state index in [2.05, 4.69) is 50.9 Å². The van der Waals surface area contributed by atoms with Crippen molar-refractivity contribution in [3.05, 3.63) is 23.8 Å². The van der Waals surface area contributed by atoms with Gasteiger partial charge in [-0.15, -0.1) is 0 Å². The molecule has 8 heteroatoms. The third-order valence-electron chi connectivity index (χ3n) is 5.05. The minimum atomic E-state index is -1.88. The summed E-state index contributed by atoms with van der Waals surface area (Å²) < 4.78 is 20.3. The van der Waals surface area contributed by atoms with E-state index in [1.165, 1.54) is 0 Å². The van der Waals surface area contributed by atoms with E-state index in [0.29, 0.717) is 0 Å². The Balaban J connectivity index is 3.49. The lowest BCUT2D eigenvalue weighted by Gasteiger charge is -2.36. The number of likely N-dealkylation sites (N-methyl/N-ethyl adjacent to an activating group) is 1. The van der Waals surface area contributed by atoms with Gasteiger partial charge in [-0.2, -0.15) is 0 Å². The van der Waals surface area contributed by atoms with Gasteiger partial charge in [0.15, 0.2) is 19.8 Å². The molecule has 0 saturated heterocycles. The summed E-state index contributed by atoms with van der Waals surface area (Å²) in [7, 11) is -1.28. The number of benzene rings is 1. The molecule has 0 saturated carbocycles. The number of rotatable bonds is 8. The minimum absolute atomic E-state index is 0.187. The van der Waals surface area contributed by atoms with E-state index < -0.39 is 39.3 Å². The third kappa shape index (κ3) is 9.72. The van der Waals surface area contributed by atoms with Crippen LogP contribution >= 0.6 is 0 Å². The van der Waals surface area contributed by atoms with Crippen molar-refractivity contribution in [2.45, 2.75) is 86.9 Å². The fourth-order valence-corrected chi connectivity index (χ4v) is 4.33. The van der Waals surface area contributed by atoms with Crippen molar-refractivity contribution in [1.82, 2.24) is 4.57 Å². The Bertz CT molecular complexity index is 842. The Morgan fingerprint density at radius 3 is 1.70 bits per heavy atom. The molecule has 0 spiro atoms. The van der Waals surface area contributed by atoms with Crippen molar-refractivity contribution >= 4 is 28.5 Å². The maximum atomic E-state index is 12.7. The normalized spacial score (nSPS) is 14.2. The zero-order valence-corrected chi connectivity index (χ0v) is 25.0. The summed E-state index contributed by atoms with van der Waals surface area (Å²) in [6, 6.07) is 5.40. The molecular weight excluding hydrogens is 450 g/mol. The van der Waals surface area contributed by atoms with Crippen LogP contribution in [0.4, 0.5) is 0 Å². The fourth-order valence-electron chi connectivity index (χ4n) is 2.56. The van der Waals surface area contributed by atoms with Crippen LogP contribution < -0.4 is 9.47 Å². The monoisotopic (exact) mass is 495 g/mol. The fraction of sp³-hybridized carbons (Fsp3) is 0.680. The molecule has 188 valence electrons. The highest BCUT2D eigenvalue weighted by atomic mass is 28.4. The van der Waals surface area contributed by atoms with Gasteiger partial charge >= 0.3 is 11.9 Å². The molecule has 0 aromatic heterocycles. The number of ether oxygens (including phenoxy) is 2. The number of esters is 2. The van der Waals surface area contributed by atoms with Crippen LogP contribution in [-0.4, -0.2) is 46.6 Å². The molecule has 0 bridgehead atoms. The second kappa shape index (κ2) is 10.4. The molecule has 33 heavy (non-hydrogen) atoms. The van der Waals surface area contributed by atoms with E-state index in [9.17, 15) is 9.59 Å². The highest BCUT2D eigenvalue weighted by Crippen LogP contribution is 2.36. The lowest BCUT2D eigenvalue weighted by Crippen LogP contribution is -2.46. The Morgan fingerprint density at radius 2 is 1.30 bits per heavy atom. The summed E-state index contributed by atoms with van der Waals surface area (Å²) in [6.07, 6.45) is -0.187. The van der Waals surface area contributed by atoms with Gasteiger partial charge in [0.05, 0.1) is 16.9 Å². The molecule has 0 amide bonds. The van der Waals surface area contributed by atoms with Gasteiger partial charge < -0.3 is 18.5 Å². The van der Waals surface area contributed by atoms with Crippen molar-refractivity contribution in [2.24, 2.45) is 10.8 Å². The highest BCUT2D eigenvalue weighted by molar-refractivity contribution is 6.73. The first-order valence-electron chi connectivity index (χ1n) is 11.6. The maximum absolute atomic E-state index is 12.7. The summed E-state index contributed by atoms with van der Waals surface area (Å²) in [5.41, 5.74) is -0.490. The van der Waals surface area contributed by atoms with Crippen molar-refractivity contribution in [3.63, 3.8) is 0 Å². The summed E-state index contributed by atoms with van der Waals surface area (Å²) in [6.45, 7) is 24.8. The number of nitrogens with zero attached hydrogens (tertiary/aromatic N) is 1. The average Bonchev–Trinajstić information content (AvgIpc) is 2.58. The average molecular weight is 496 g/mol. The van der Waals surface area contributed by atoms with E-state index >= 15 is 0 Å². The van der Waals surface area contributed by atoms with Gasteiger partial charge in [-0.3, -0.25) is 9.59 Å².